The number of nitrogens with zero attached hydrogens (tertiary/aromatic N) is 1. The van der Waals surface area contributed by atoms with Crippen LogP contribution in [0.2, 0.25) is 0 Å². The first kappa shape index (κ1) is 19.9. The Hall–Kier alpha value is -1.40. The topological polar surface area (TPSA) is 66.5 Å². The Morgan fingerprint density at radius 3 is 2.44 bits per heavy atom. The van der Waals surface area contributed by atoms with E-state index in [-0.39, 0.29) is 18.9 Å². The first-order chi connectivity index (χ1) is 11.7. The largest absolute Gasteiger partial charge is 0.343 e. The smallest absolute Gasteiger partial charge is 0.241 e. The molecule has 0 saturated carbocycles. The van der Waals surface area contributed by atoms with Gasteiger partial charge in [0.05, 0.1) is 4.90 Å². The molecule has 1 aromatic carbocycles. The van der Waals surface area contributed by atoms with Crippen LogP contribution in [0.4, 0.5) is 0 Å². The fourth-order valence-corrected chi connectivity index (χ4v) is 5.11. The zero-order chi connectivity index (χ0) is 18.6. The van der Waals surface area contributed by atoms with E-state index in [1.54, 1.807) is 13.8 Å². The molecule has 6 heteroatoms. The highest BCUT2D eigenvalue weighted by Crippen LogP contribution is 2.21. The van der Waals surface area contributed by atoms with Gasteiger partial charge in [-0.15, -0.1) is 0 Å². The average molecular weight is 367 g/mol. The number of benzene rings is 1. The highest BCUT2D eigenvalue weighted by molar-refractivity contribution is 7.89. The molecule has 1 aliphatic heterocycles. The van der Waals surface area contributed by atoms with Crippen LogP contribution in [0.25, 0.3) is 0 Å². The number of hydrogen-bond acceptors (Lipinski definition) is 3. The molecule has 1 fully saturated rings. The van der Waals surface area contributed by atoms with Gasteiger partial charge in [-0.05, 0) is 57.1 Å². The summed E-state index contributed by atoms with van der Waals surface area (Å²) >= 11 is 0. The van der Waals surface area contributed by atoms with Crippen LogP contribution < -0.4 is 4.72 Å². The predicted molar refractivity (Wildman–Crippen MR) is 100 cm³/mol. The number of aryl methyl sites for hydroxylation is 3. The second-order valence-corrected chi connectivity index (χ2v) is 9.00. The zero-order valence-corrected chi connectivity index (χ0v) is 16.6. The van der Waals surface area contributed by atoms with Gasteiger partial charge in [0.25, 0.3) is 0 Å². The molecule has 1 heterocycles. The minimum atomic E-state index is -3.60. The van der Waals surface area contributed by atoms with Gasteiger partial charge in [0.2, 0.25) is 15.9 Å². The van der Waals surface area contributed by atoms with Gasteiger partial charge in [0.1, 0.15) is 0 Å². The minimum Gasteiger partial charge on any atom is -0.343 e. The molecule has 0 unspecified atom stereocenters. The third-order valence-electron chi connectivity index (χ3n) is 4.87. The lowest BCUT2D eigenvalue weighted by Crippen LogP contribution is -2.35. The van der Waals surface area contributed by atoms with Crippen LogP contribution in [0, 0.1) is 26.7 Å². The summed E-state index contributed by atoms with van der Waals surface area (Å²) in [6.45, 7) is 9.48. The molecule has 1 aromatic rings. The molecule has 1 saturated heterocycles. The van der Waals surface area contributed by atoms with E-state index in [4.69, 9.17) is 0 Å². The van der Waals surface area contributed by atoms with E-state index >= 15 is 0 Å². The Labute approximate surface area is 151 Å². The number of amides is 1. The molecule has 5 nitrogen and oxygen atoms in total. The van der Waals surface area contributed by atoms with Crippen molar-refractivity contribution in [2.24, 2.45) is 5.92 Å². The Morgan fingerprint density at radius 2 is 1.80 bits per heavy atom. The van der Waals surface area contributed by atoms with Gasteiger partial charge in [-0.2, -0.15) is 0 Å². The summed E-state index contributed by atoms with van der Waals surface area (Å²) in [6.07, 6.45) is 3.42. The first-order valence-electron chi connectivity index (χ1n) is 9.06. The van der Waals surface area contributed by atoms with Gasteiger partial charge in [-0.1, -0.05) is 24.6 Å². The summed E-state index contributed by atoms with van der Waals surface area (Å²) in [4.78, 5) is 14.6. The number of nitrogens with one attached hydrogen (secondary N) is 1. The third-order valence-corrected chi connectivity index (χ3v) is 6.64. The van der Waals surface area contributed by atoms with Crippen LogP contribution in [0.3, 0.4) is 0 Å². The fourth-order valence-electron chi connectivity index (χ4n) is 3.63. The number of carbonyl (C=O) groups is 1. The number of likely N-dealkylation sites (tertiary alicyclic amines) is 1. The van der Waals surface area contributed by atoms with Crippen molar-refractivity contribution in [1.29, 1.82) is 0 Å². The quantitative estimate of drug-likeness (QED) is 0.871. The number of carbonyl (C=O) groups excluding carboxylic acids is 1. The monoisotopic (exact) mass is 366 g/mol. The van der Waals surface area contributed by atoms with E-state index in [0.717, 1.165) is 49.0 Å². The van der Waals surface area contributed by atoms with Crippen molar-refractivity contribution in [1.82, 2.24) is 9.62 Å². The maximum atomic E-state index is 12.6. The molecular weight excluding hydrogens is 336 g/mol. The standard InChI is InChI=1S/C19H30N2O3S/c1-14-6-5-10-21(11-8-14)18(22)7-9-20-25(23,24)19-16(3)12-15(2)13-17(19)4/h12-14,20H,5-11H2,1-4H3/t14-/m1/s1. The molecule has 0 aliphatic carbocycles. The Balaban J connectivity index is 1.95. The zero-order valence-electron chi connectivity index (χ0n) is 15.8. The highest BCUT2D eigenvalue weighted by atomic mass is 32.2. The number of sulfonamides is 1. The van der Waals surface area contributed by atoms with Crippen LogP contribution >= 0.6 is 0 Å². The van der Waals surface area contributed by atoms with Gasteiger partial charge in [0, 0.05) is 26.1 Å². The summed E-state index contributed by atoms with van der Waals surface area (Å²) in [5.74, 6) is 0.693. The number of hydrogen-bond donors (Lipinski definition) is 1. The maximum Gasteiger partial charge on any atom is 0.241 e. The lowest BCUT2D eigenvalue weighted by molar-refractivity contribution is -0.131. The Bertz CT molecular complexity index is 705. The van der Waals surface area contributed by atoms with E-state index in [2.05, 4.69) is 11.6 Å². The Morgan fingerprint density at radius 1 is 1.16 bits per heavy atom. The molecule has 140 valence electrons. The molecule has 1 aliphatic rings. The van der Waals surface area contributed by atoms with Crippen molar-refractivity contribution < 1.29 is 13.2 Å². The molecule has 0 aromatic heterocycles. The van der Waals surface area contributed by atoms with Crippen LogP contribution in [0.1, 0.15) is 49.3 Å². The maximum absolute atomic E-state index is 12.6. The van der Waals surface area contributed by atoms with Crippen LogP contribution in [0.5, 0.6) is 0 Å². The molecule has 0 bridgehead atoms. The lowest BCUT2D eigenvalue weighted by atomic mass is 10.0. The molecule has 0 spiro atoms. The summed E-state index contributed by atoms with van der Waals surface area (Å²) in [5.41, 5.74) is 2.51. The summed E-state index contributed by atoms with van der Waals surface area (Å²) in [5, 5.41) is 0. The highest BCUT2D eigenvalue weighted by Gasteiger charge is 2.22. The number of rotatable bonds is 5. The van der Waals surface area contributed by atoms with E-state index in [0.29, 0.717) is 10.8 Å². The second kappa shape index (κ2) is 8.32. The lowest BCUT2D eigenvalue weighted by Gasteiger charge is -2.20. The van der Waals surface area contributed by atoms with E-state index in [9.17, 15) is 13.2 Å². The molecule has 0 radical (unpaired) electrons. The second-order valence-electron chi connectivity index (χ2n) is 7.29. The molecular formula is C19H30N2O3S. The first-order valence-corrected chi connectivity index (χ1v) is 10.5. The van der Waals surface area contributed by atoms with E-state index < -0.39 is 10.0 Å². The van der Waals surface area contributed by atoms with Gasteiger partial charge < -0.3 is 4.90 Å². The van der Waals surface area contributed by atoms with Crippen molar-refractivity contribution in [2.75, 3.05) is 19.6 Å². The van der Waals surface area contributed by atoms with Crippen molar-refractivity contribution in [3.8, 4) is 0 Å². The van der Waals surface area contributed by atoms with E-state index in [1.807, 2.05) is 24.0 Å². The normalized spacial score (nSPS) is 18.9. The predicted octanol–water partition coefficient (Wildman–Crippen LogP) is 2.93. The van der Waals surface area contributed by atoms with Crippen LogP contribution in [0.15, 0.2) is 17.0 Å². The van der Waals surface area contributed by atoms with Crippen molar-refractivity contribution in [3.05, 3.63) is 28.8 Å². The SMILES string of the molecule is Cc1cc(C)c(S(=O)(=O)NCCC(=O)N2CCC[C@@H](C)CC2)c(C)c1. The fraction of sp³-hybridized carbons (Fsp3) is 0.632. The van der Waals surface area contributed by atoms with Crippen molar-refractivity contribution >= 4 is 15.9 Å². The van der Waals surface area contributed by atoms with Gasteiger partial charge >= 0.3 is 0 Å². The summed E-state index contributed by atoms with van der Waals surface area (Å²) in [6, 6.07) is 3.73. The molecule has 25 heavy (non-hydrogen) atoms. The van der Waals surface area contributed by atoms with Crippen molar-refractivity contribution in [2.45, 2.75) is 58.3 Å². The third kappa shape index (κ3) is 5.28. The summed E-state index contributed by atoms with van der Waals surface area (Å²) in [7, 11) is -3.60. The van der Waals surface area contributed by atoms with Gasteiger partial charge in [-0.3, -0.25) is 4.79 Å². The minimum absolute atomic E-state index is 0.0363. The van der Waals surface area contributed by atoms with Gasteiger partial charge in [-0.25, -0.2) is 13.1 Å². The molecule has 1 N–H and O–H groups in total. The molecule has 1 amide bonds. The van der Waals surface area contributed by atoms with Crippen LogP contribution in [-0.2, 0) is 14.8 Å². The van der Waals surface area contributed by atoms with E-state index in [1.165, 1.54) is 0 Å². The average Bonchev–Trinajstić information content (AvgIpc) is 2.70. The van der Waals surface area contributed by atoms with Gasteiger partial charge in [0.15, 0.2) is 0 Å². The van der Waals surface area contributed by atoms with Crippen LogP contribution in [-0.4, -0.2) is 38.9 Å². The molecule has 1 atom stereocenters. The van der Waals surface area contributed by atoms with Crippen molar-refractivity contribution in [3.63, 3.8) is 0 Å². The summed E-state index contributed by atoms with van der Waals surface area (Å²) < 4.78 is 27.8. The Kier molecular flexibility index (Phi) is 6.63. The molecule has 2 rings (SSSR count).